The van der Waals surface area contributed by atoms with Crippen LogP contribution < -0.4 is 5.32 Å². The van der Waals surface area contributed by atoms with Crippen LogP contribution in [0.3, 0.4) is 0 Å². The Labute approximate surface area is 86.5 Å². The molecule has 2 rings (SSSR count). The normalized spacial score (nSPS) is 29.4. The number of aliphatic hydroxyl groups excluding tert-OH is 1. The Kier molecular flexibility index (Phi) is 3.79. The summed E-state index contributed by atoms with van der Waals surface area (Å²) < 4.78 is 0. The van der Waals surface area contributed by atoms with Crippen molar-refractivity contribution in [2.75, 3.05) is 26.2 Å². The molecule has 0 aromatic rings. The summed E-state index contributed by atoms with van der Waals surface area (Å²) in [6, 6.07) is 1.25. The van der Waals surface area contributed by atoms with Crippen molar-refractivity contribution in [2.45, 2.75) is 44.2 Å². The van der Waals surface area contributed by atoms with Crippen molar-refractivity contribution in [3.8, 4) is 0 Å². The van der Waals surface area contributed by atoms with E-state index >= 15 is 0 Å². The number of hydrogen-bond donors (Lipinski definition) is 2. The molecule has 0 aromatic heterocycles. The Bertz CT molecular complexity index is 171. The highest BCUT2D eigenvalue weighted by atomic mass is 16.3. The second-order valence-electron chi connectivity index (χ2n) is 4.60. The van der Waals surface area contributed by atoms with Crippen LogP contribution in [0.2, 0.25) is 0 Å². The third kappa shape index (κ3) is 2.94. The summed E-state index contributed by atoms with van der Waals surface area (Å²) in [5, 5.41) is 12.7. The second kappa shape index (κ2) is 5.10. The van der Waals surface area contributed by atoms with Gasteiger partial charge in [-0.2, -0.15) is 0 Å². The van der Waals surface area contributed by atoms with Crippen molar-refractivity contribution in [3.63, 3.8) is 0 Å². The zero-order valence-electron chi connectivity index (χ0n) is 8.91. The van der Waals surface area contributed by atoms with Gasteiger partial charge >= 0.3 is 0 Å². The molecular formula is C11H22N2O. The van der Waals surface area contributed by atoms with Gasteiger partial charge < -0.3 is 10.4 Å². The molecule has 82 valence electrons. The summed E-state index contributed by atoms with van der Waals surface area (Å²) in [7, 11) is 0. The number of nitrogens with one attached hydrogen (secondary N) is 1. The molecule has 0 bridgehead atoms. The predicted octanol–water partition coefficient (Wildman–Crippen LogP) is 0.585. The number of hydrogen-bond acceptors (Lipinski definition) is 3. The van der Waals surface area contributed by atoms with Crippen LogP contribution in [0, 0.1) is 0 Å². The first-order valence-corrected chi connectivity index (χ1v) is 5.98. The summed E-state index contributed by atoms with van der Waals surface area (Å²) in [5.41, 5.74) is 0. The Hall–Kier alpha value is -0.120. The van der Waals surface area contributed by atoms with Gasteiger partial charge in [-0.15, -0.1) is 0 Å². The molecule has 1 aliphatic carbocycles. The first-order chi connectivity index (χ1) is 6.90. The van der Waals surface area contributed by atoms with Crippen LogP contribution in [0.1, 0.15) is 32.1 Å². The molecule has 1 heterocycles. The van der Waals surface area contributed by atoms with Crippen LogP contribution >= 0.6 is 0 Å². The van der Waals surface area contributed by atoms with E-state index in [9.17, 15) is 5.11 Å². The standard InChI is InChI=1S/C11H22N2O/c14-9-11-3-1-2-7-13(11)8-6-12-10-4-5-10/h10-12,14H,1-9H2. The van der Waals surface area contributed by atoms with Crippen LogP contribution in [0.25, 0.3) is 0 Å². The SMILES string of the molecule is OCC1CCCCN1CCNC1CC1. The molecule has 3 nitrogen and oxygen atoms in total. The Morgan fingerprint density at radius 3 is 2.79 bits per heavy atom. The molecule has 0 radical (unpaired) electrons. The van der Waals surface area contributed by atoms with Crippen LogP contribution in [-0.4, -0.2) is 48.3 Å². The third-order valence-electron chi connectivity index (χ3n) is 3.37. The molecule has 2 aliphatic rings. The monoisotopic (exact) mass is 198 g/mol. The van der Waals surface area contributed by atoms with Crippen molar-refractivity contribution in [1.82, 2.24) is 10.2 Å². The lowest BCUT2D eigenvalue weighted by Gasteiger charge is -2.34. The summed E-state index contributed by atoms with van der Waals surface area (Å²) in [6.45, 7) is 3.73. The first kappa shape index (κ1) is 10.4. The summed E-state index contributed by atoms with van der Waals surface area (Å²) in [6.07, 6.45) is 6.50. The molecular weight excluding hydrogens is 176 g/mol. The Morgan fingerprint density at radius 2 is 2.07 bits per heavy atom. The highest BCUT2D eigenvalue weighted by molar-refractivity contribution is 4.82. The van der Waals surface area contributed by atoms with Gasteiger partial charge in [0.15, 0.2) is 0 Å². The van der Waals surface area contributed by atoms with Gasteiger partial charge in [-0.3, -0.25) is 4.90 Å². The van der Waals surface area contributed by atoms with Crippen molar-refractivity contribution in [2.24, 2.45) is 0 Å². The first-order valence-electron chi connectivity index (χ1n) is 5.98. The van der Waals surface area contributed by atoms with Crippen LogP contribution in [0.4, 0.5) is 0 Å². The van der Waals surface area contributed by atoms with Crippen molar-refractivity contribution < 1.29 is 5.11 Å². The zero-order chi connectivity index (χ0) is 9.80. The molecule has 2 N–H and O–H groups in total. The largest absolute Gasteiger partial charge is 0.395 e. The maximum absolute atomic E-state index is 9.22. The lowest BCUT2D eigenvalue weighted by atomic mass is 10.0. The van der Waals surface area contributed by atoms with Crippen molar-refractivity contribution >= 4 is 0 Å². The van der Waals surface area contributed by atoms with E-state index in [1.54, 1.807) is 0 Å². The number of aliphatic hydroxyl groups is 1. The topological polar surface area (TPSA) is 35.5 Å². The molecule has 14 heavy (non-hydrogen) atoms. The minimum Gasteiger partial charge on any atom is -0.395 e. The molecule has 1 unspecified atom stereocenters. The highest BCUT2D eigenvalue weighted by Crippen LogP contribution is 2.19. The van der Waals surface area contributed by atoms with Gasteiger partial charge in [0, 0.05) is 25.2 Å². The van der Waals surface area contributed by atoms with Gasteiger partial charge in [0.05, 0.1) is 6.61 Å². The quantitative estimate of drug-likeness (QED) is 0.678. The maximum Gasteiger partial charge on any atom is 0.0586 e. The molecule has 0 spiro atoms. The summed E-state index contributed by atoms with van der Waals surface area (Å²) in [5.74, 6) is 0. The van der Waals surface area contributed by atoms with Gasteiger partial charge in [-0.25, -0.2) is 0 Å². The van der Waals surface area contributed by atoms with Gasteiger partial charge in [0.25, 0.3) is 0 Å². The van der Waals surface area contributed by atoms with Crippen LogP contribution in [-0.2, 0) is 0 Å². The smallest absolute Gasteiger partial charge is 0.0586 e. The van der Waals surface area contributed by atoms with E-state index in [1.807, 2.05) is 0 Å². The fourth-order valence-electron chi connectivity index (χ4n) is 2.26. The second-order valence-corrected chi connectivity index (χ2v) is 4.60. The minimum absolute atomic E-state index is 0.337. The van der Waals surface area contributed by atoms with E-state index in [2.05, 4.69) is 10.2 Å². The van der Waals surface area contributed by atoms with Crippen LogP contribution in [0.15, 0.2) is 0 Å². The van der Waals surface area contributed by atoms with Crippen molar-refractivity contribution in [1.29, 1.82) is 0 Å². The molecule has 2 fully saturated rings. The summed E-state index contributed by atoms with van der Waals surface area (Å²) in [4.78, 5) is 2.44. The lowest BCUT2D eigenvalue weighted by Crippen LogP contribution is -2.45. The van der Waals surface area contributed by atoms with Gasteiger partial charge in [0.1, 0.15) is 0 Å². The molecule has 1 saturated heterocycles. The number of piperidine rings is 1. The number of rotatable bonds is 5. The fourth-order valence-corrected chi connectivity index (χ4v) is 2.26. The molecule has 0 aromatic carbocycles. The highest BCUT2D eigenvalue weighted by Gasteiger charge is 2.23. The number of likely N-dealkylation sites (tertiary alicyclic amines) is 1. The van der Waals surface area contributed by atoms with E-state index in [4.69, 9.17) is 0 Å². The average Bonchev–Trinajstić information content (AvgIpc) is 3.03. The zero-order valence-corrected chi connectivity index (χ0v) is 8.91. The minimum atomic E-state index is 0.337. The molecule has 1 atom stereocenters. The maximum atomic E-state index is 9.22. The van der Waals surface area contributed by atoms with Gasteiger partial charge in [-0.05, 0) is 32.2 Å². The van der Waals surface area contributed by atoms with Crippen LogP contribution in [0.5, 0.6) is 0 Å². The van der Waals surface area contributed by atoms with E-state index in [0.717, 1.165) is 19.1 Å². The van der Waals surface area contributed by atoms with E-state index < -0.39 is 0 Å². The third-order valence-corrected chi connectivity index (χ3v) is 3.37. The molecule has 1 aliphatic heterocycles. The van der Waals surface area contributed by atoms with Gasteiger partial charge in [-0.1, -0.05) is 6.42 Å². The molecule has 0 amide bonds. The Balaban J connectivity index is 1.64. The van der Waals surface area contributed by atoms with Gasteiger partial charge in [0.2, 0.25) is 0 Å². The van der Waals surface area contributed by atoms with Crippen molar-refractivity contribution in [3.05, 3.63) is 0 Å². The van der Waals surface area contributed by atoms with E-state index in [0.29, 0.717) is 12.6 Å². The predicted molar refractivity (Wildman–Crippen MR) is 57.3 cm³/mol. The number of nitrogens with zero attached hydrogens (tertiary/aromatic N) is 1. The van der Waals surface area contributed by atoms with E-state index in [1.165, 1.54) is 38.6 Å². The lowest BCUT2D eigenvalue weighted by molar-refractivity contribution is 0.0910. The molecule has 1 saturated carbocycles. The summed E-state index contributed by atoms with van der Waals surface area (Å²) >= 11 is 0. The fraction of sp³-hybridized carbons (Fsp3) is 1.00. The Morgan fingerprint density at radius 1 is 1.21 bits per heavy atom. The average molecular weight is 198 g/mol. The van der Waals surface area contributed by atoms with E-state index in [-0.39, 0.29) is 0 Å². The molecule has 3 heteroatoms.